The first-order valence-corrected chi connectivity index (χ1v) is 5.47. The number of likely N-dealkylation sites (N-methyl/N-ethyl adjacent to an activating group) is 1. The highest BCUT2D eigenvalue weighted by atomic mass is 14.8. The van der Waals surface area contributed by atoms with Gasteiger partial charge in [0, 0.05) is 18.1 Å². The van der Waals surface area contributed by atoms with Gasteiger partial charge in [-0.05, 0) is 31.7 Å². The van der Waals surface area contributed by atoms with E-state index in [9.17, 15) is 0 Å². The molecule has 16 heavy (non-hydrogen) atoms. The van der Waals surface area contributed by atoms with Crippen LogP contribution in [0.2, 0.25) is 0 Å². The van der Waals surface area contributed by atoms with Crippen LogP contribution < -0.4 is 5.32 Å². The molecule has 2 nitrogen and oxygen atoms in total. The van der Waals surface area contributed by atoms with Gasteiger partial charge in [0.2, 0.25) is 0 Å². The van der Waals surface area contributed by atoms with Crippen molar-refractivity contribution in [1.29, 1.82) is 0 Å². The molecule has 0 bridgehead atoms. The van der Waals surface area contributed by atoms with Gasteiger partial charge in [0.25, 0.3) is 0 Å². The summed E-state index contributed by atoms with van der Waals surface area (Å²) in [5.74, 6) is 0. The number of hydrogen-bond acceptors (Lipinski definition) is 2. The Kier molecular flexibility index (Phi) is 3.32. The summed E-state index contributed by atoms with van der Waals surface area (Å²) in [6.07, 6.45) is 4.07. The molecule has 0 aliphatic rings. The topological polar surface area (TPSA) is 24.9 Å². The predicted octanol–water partition coefficient (Wildman–Crippen LogP) is 2.86. The molecule has 2 aromatic rings. The molecule has 0 spiro atoms. The summed E-state index contributed by atoms with van der Waals surface area (Å²) in [7, 11) is 1.96. The molecule has 0 aliphatic carbocycles. The summed E-state index contributed by atoms with van der Waals surface area (Å²) in [6.45, 7) is 3.04. The monoisotopic (exact) mass is 212 g/mol. The molecule has 2 rings (SSSR count). The van der Waals surface area contributed by atoms with Crippen molar-refractivity contribution >= 4 is 17.0 Å². The zero-order chi connectivity index (χ0) is 11.4. The fourth-order valence-corrected chi connectivity index (χ4v) is 1.84. The van der Waals surface area contributed by atoms with Crippen LogP contribution in [0.15, 0.2) is 42.1 Å². The van der Waals surface area contributed by atoms with Crippen LogP contribution in [-0.4, -0.2) is 18.6 Å². The zero-order valence-corrected chi connectivity index (χ0v) is 9.70. The second kappa shape index (κ2) is 4.90. The lowest BCUT2D eigenvalue weighted by Crippen LogP contribution is -2.08. The first kappa shape index (κ1) is 10.8. The Morgan fingerprint density at radius 1 is 1.31 bits per heavy atom. The third-order valence-corrected chi connectivity index (χ3v) is 2.54. The van der Waals surface area contributed by atoms with E-state index in [1.165, 1.54) is 16.5 Å². The van der Waals surface area contributed by atoms with Gasteiger partial charge in [0.15, 0.2) is 0 Å². The molecule has 0 saturated heterocycles. The van der Waals surface area contributed by atoms with E-state index >= 15 is 0 Å². The number of rotatable bonds is 3. The molecule has 1 aromatic carbocycles. The van der Waals surface area contributed by atoms with E-state index in [1.807, 2.05) is 25.4 Å². The summed E-state index contributed by atoms with van der Waals surface area (Å²) in [5.41, 5.74) is 3.60. The van der Waals surface area contributed by atoms with Crippen LogP contribution in [0.3, 0.4) is 0 Å². The van der Waals surface area contributed by atoms with Crippen LogP contribution in [0.5, 0.6) is 0 Å². The first-order valence-electron chi connectivity index (χ1n) is 5.47. The van der Waals surface area contributed by atoms with E-state index in [1.54, 1.807) is 0 Å². The minimum Gasteiger partial charge on any atom is -0.316 e. The number of pyridine rings is 1. The van der Waals surface area contributed by atoms with E-state index in [0.717, 1.165) is 12.1 Å². The molecule has 0 radical (unpaired) electrons. The van der Waals surface area contributed by atoms with Crippen LogP contribution in [-0.2, 0) is 0 Å². The number of fused-ring (bicyclic) bond motifs is 1. The Labute approximate surface area is 96.0 Å². The van der Waals surface area contributed by atoms with Gasteiger partial charge in [-0.15, -0.1) is 0 Å². The number of aromatic nitrogens is 1. The smallest absolute Gasteiger partial charge is 0.0707 e. The summed E-state index contributed by atoms with van der Waals surface area (Å²) < 4.78 is 0. The van der Waals surface area contributed by atoms with Crippen molar-refractivity contribution < 1.29 is 0 Å². The molecule has 0 atom stereocenters. The SMILES string of the molecule is CNCC(C)=Cc1ccnc2ccccc12. The molecule has 0 amide bonds. The van der Waals surface area contributed by atoms with Crippen LogP contribution in [0.25, 0.3) is 17.0 Å². The molecule has 0 fully saturated rings. The Hall–Kier alpha value is -1.67. The molecule has 82 valence electrons. The fourth-order valence-electron chi connectivity index (χ4n) is 1.84. The molecule has 1 aromatic heterocycles. The number of nitrogens with zero attached hydrogens (tertiary/aromatic N) is 1. The lowest BCUT2D eigenvalue weighted by Gasteiger charge is -2.03. The lowest BCUT2D eigenvalue weighted by molar-refractivity contribution is 0.885. The Balaban J connectivity index is 2.48. The van der Waals surface area contributed by atoms with E-state index in [4.69, 9.17) is 0 Å². The fraction of sp³-hybridized carbons (Fsp3) is 0.214. The Morgan fingerprint density at radius 2 is 2.12 bits per heavy atom. The highest BCUT2D eigenvalue weighted by Crippen LogP contribution is 2.18. The van der Waals surface area contributed by atoms with E-state index < -0.39 is 0 Å². The van der Waals surface area contributed by atoms with Gasteiger partial charge in [-0.3, -0.25) is 4.98 Å². The van der Waals surface area contributed by atoms with Crippen molar-refractivity contribution in [1.82, 2.24) is 10.3 Å². The van der Waals surface area contributed by atoms with Gasteiger partial charge in [-0.25, -0.2) is 0 Å². The molecule has 2 heteroatoms. The van der Waals surface area contributed by atoms with Crippen LogP contribution in [0.1, 0.15) is 12.5 Å². The average molecular weight is 212 g/mol. The van der Waals surface area contributed by atoms with Gasteiger partial charge in [0.05, 0.1) is 5.52 Å². The molecular formula is C14H16N2. The molecule has 0 aliphatic heterocycles. The molecular weight excluding hydrogens is 196 g/mol. The van der Waals surface area contributed by atoms with E-state index in [2.05, 4.69) is 41.5 Å². The third kappa shape index (κ3) is 2.28. The normalized spacial score (nSPS) is 12.0. The maximum Gasteiger partial charge on any atom is 0.0707 e. The minimum atomic E-state index is 0.913. The van der Waals surface area contributed by atoms with Crippen molar-refractivity contribution in [2.45, 2.75) is 6.92 Å². The first-order chi connectivity index (χ1) is 7.81. The minimum absolute atomic E-state index is 0.913. The van der Waals surface area contributed by atoms with Crippen LogP contribution in [0, 0.1) is 0 Å². The zero-order valence-electron chi connectivity index (χ0n) is 9.70. The van der Waals surface area contributed by atoms with Crippen molar-refractivity contribution in [3.8, 4) is 0 Å². The van der Waals surface area contributed by atoms with Crippen molar-refractivity contribution in [2.24, 2.45) is 0 Å². The second-order valence-electron chi connectivity index (χ2n) is 3.94. The summed E-state index contributed by atoms with van der Waals surface area (Å²) >= 11 is 0. The van der Waals surface area contributed by atoms with E-state index in [-0.39, 0.29) is 0 Å². The molecule has 1 heterocycles. The summed E-state index contributed by atoms with van der Waals surface area (Å²) in [5, 5.41) is 4.36. The van der Waals surface area contributed by atoms with E-state index in [0.29, 0.717) is 0 Å². The van der Waals surface area contributed by atoms with Gasteiger partial charge < -0.3 is 5.32 Å². The van der Waals surface area contributed by atoms with Gasteiger partial charge >= 0.3 is 0 Å². The largest absolute Gasteiger partial charge is 0.316 e. The van der Waals surface area contributed by atoms with Crippen LogP contribution >= 0.6 is 0 Å². The number of para-hydroxylation sites is 1. The predicted molar refractivity (Wildman–Crippen MR) is 69.3 cm³/mol. The number of benzene rings is 1. The Morgan fingerprint density at radius 3 is 2.94 bits per heavy atom. The molecule has 0 unspecified atom stereocenters. The number of nitrogens with one attached hydrogen (secondary N) is 1. The van der Waals surface area contributed by atoms with Gasteiger partial charge in [-0.1, -0.05) is 29.8 Å². The standard InChI is InChI=1S/C14H16N2/c1-11(10-15-2)9-12-7-8-16-14-6-4-3-5-13(12)14/h3-9,15H,10H2,1-2H3. The maximum absolute atomic E-state index is 4.35. The maximum atomic E-state index is 4.35. The van der Waals surface area contributed by atoms with Crippen molar-refractivity contribution in [2.75, 3.05) is 13.6 Å². The average Bonchev–Trinajstić information content (AvgIpc) is 2.30. The quantitative estimate of drug-likeness (QED) is 0.846. The number of hydrogen-bond donors (Lipinski definition) is 1. The summed E-state index contributed by atoms with van der Waals surface area (Å²) in [4.78, 5) is 4.35. The van der Waals surface area contributed by atoms with Crippen molar-refractivity contribution in [3.63, 3.8) is 0 Å². The third-order valence-electron chi connectivity index (χ3n) is 2.54. The van der Waals surface area contributed by atoms with Crippen LogP contribution in [0.4, 0.5) is 0 Å². The second-order valence-corrected chi connectivity index (χ2v) is 3.94. The van der Waals surface area contributed by atoms with Gasteiger partial charge in [-0.2, -0.15) is 0 Å². The highest BCUT2D eigenvalue weighted by molar-refractivity contribution is 5.87. The van der Waals surface area contributed by atoms with Gasteiger partial charge in [0.1, 0.15) is 0 Å². The lowest BCUT2D eigenvalue weighted by atomic mass is 10.1. The van der Waals surface area contributed by atoms with Crippen molar-refractivity contribution in [3.05, 3.63) is 47.7 Å². The molecule has 0 saturated carbocycles. The molecule has 1 N–H and O–H groups in total. The Bertz CT molecular complexity index is 510. The summed E-state index contributed by atoms with van der Waals surface area (Å²) in [6, 6.07) is 10.3. The highest BCUT2D eigenvalue weighted by Gasteiger charge is 1.98.